The van der Waals surface area contributed by atoms with Crippen LogP contribution in [0.2, 0.25) is 0 Å². The zero-order valence-electron chi connectivity index (χ0n) is 10.8. The summed E-state index contributed by atoms with van der Waals surface area (Å²) in [5.41, 5.74) is 0.901. The fourth-order valence-electron chi connectivity index (χ4n) is 1.45. The van der Waals surface area contributed by atoms with Crippen LogP contribution in [0.15, 0.2) is 27.6 Å². The third-order valence-electron chi connectivity index (χ3n) is 2.67. The van der Waals surface area contributed by atoms with Crippen molar-refractivity contribution in [3.8, 4) is 0 Å². The van der Waals surface area contributed by atoms with Crippen molar-refractivity contribution in [1.82, 2.24) is 4.72 Å². The van der Waals surface area contributed by atoms with Crippen LogP contribution in [-0.2, 0) is 14.8 Å². The summed E-state index contributed by atoms with van der Waals surface area (Å²) >= 11 is 3.25. The van der Waals surface area contributed by atoms with Crippen LogP contribution in [0.25, 0.3) is 0 Å². The molecule has 2 N–H and O–H groups in total. The van der Waals surface area contributed by atoms with Gasteiger partial charge in [0.25, 0.3) is 0 Å². The molecule has 0 fully saturated rings. The monoisotopic (exact) mass is 349 g/mol. The van der Waals surface area contributed by atoms with Gasteiger partial charge in [0, 0.05) is 4.47 Å². The molecule has 0 spiro atoms. The molecule has 0 aromatic heterocycles. The van der Waals surface area contributed by atoms with Gasteiger partial charge in [-0.2, -0.15) is 4.72 Å². The van der Waals surface area contributed by atoms with E-state index in [-0.39, 0.29) is 10.8 Å². The lowest BCUT2D eigenvalue weighted by atomic mass is 10.1. The summed E-state index contributed by atoms with van der Waals surface area (Å²) in [4.78, 5) is 11.1. The first-order chi connectivity index (χ1) is 8.65. The Balaban J connectivity index is 3.10. The van der Waals surface area contributed by atoms with Gasteiger partial charge in [0.1, 0.15) is 6.04 Å². The van der Waals surface area contributed by atoms with Crippen LogP contribution in [0.3, 0.4) is 0 Å². The molecule has 7 heteroatoms. The number of carbonyl (C=O) groups is 1. The summed E-state index contributed by atoms with van der Waals surface area (Å²) in [6.45, 7) is 5.13. The number of aliphatic carboxylic acids is 1. The molecule has 0 aliphatic rings. The Kier molecular flexibility index (Phi) is 5.11. The quantitative estimate of drug-likeness (QED) is 0.852. The van der Waals surface area contributed by atoms with Crippen LogP contribution in [-0.4, -0.2) is 25.5 Å². The Bertz CT molecular complexity index is 583. The van der Waals surface area contributed by atoms with Gasteiger partial charge in [-0.1, -0.05) is 35.8 Å². The number of sulfonamides is 1. The van der Waals surface area contributed by atoms with E-state index in [9.17, 15) is 13.2 Å². The van der Waals surface area contributed by atoms with Crippen LogP contribution in [0.1, 0.15) is 19.4 Å². The first-order valence-electron chi connectivity index (χ1n) is 5.66. The number of carboxylic acid groups (broad SMARTS) is 1. The molecule has 0 radical (unpaired) electrons. The zero-order chi connectivity index (χ0) is 14.8. The summed E-state index contributed by atoms with van der Waals surface area (Å²) in [5.74, 6) is -1.54. The molecule has 1 aromatic rings. The first-order valence-corrected chi connectivity index (χ1v) is 7.94. The number of rotatable bonds is 5. The van der Waals surface area contributed by atoms with Crippen molar-refractivity contribution < 1.29 is 18.3 Å². The largest absolute Gasteiger partial charge is 0.480 e. The summed E-state index contributed by atoms with van der Waals surface area (Å²) in [5, 5.41) is 9.02. The Morgan fingerprint density at radius 2 is 1.95 bits per heavy atom. The highest BCUT2D eigenvalue weighted by molar-refractivity contribution is 9.10. The average Bonchev–Trinajstić information content (AvgIpc) is 2.28. The minimum Gasteiger partial charge on any atom is -0.480 e. The number of hydrogen-bond acceptors (Lipinski definition) is 3. The standard InChI is InChI=1S/C12H16BrNO4S/c1-7(2)11(12(15)16)14-19(17,18)9-5-4-8(3)10(13)6-9/h4-7,11,14H,1-3H3,(H,15,16)/t11-/m1/s1. The van der Waals surface area contributed by atoms with Crippen LogP contribution in [0, 0.1) is 12.8 Å². The van der Waals surface area contributed by atoms with E-state index in [0.29, 0.717) is 4.47 Å². The molecule has 0 aliphatic carbocycles. The molecule has 0 bridgehead atoms. The van der Waals surface area contributed by atoms with E-state index in [1.54, 1.807) is 19.9 Å². The van der Waals surface area contributed by atoms with Crippen molar-refractivity contribution in [2.24, 2.45) is 5.92 Å². The molecule has 0 saturated heterocycles. The summed E-state index contributed by atoms with van der Waals surface area (Å²) in [7, 11) is -3.85. The van der Waals surface area contributed by atoms with Crippen LogP contribution >= 0.6 is 15.9 Å². The van der Waals surface area contributed by atoms with Gasteiger partial charge >= 0.3 is 5.97 Å². The molecule has 0 unspecified atom stereocenters. The van der Waals surface area contributed by atoms with Crippen molar-refractivity contribution in [2.45, 2.75) is 31.7 Å². The van der Waals surface area contributed by atoms with E-state index in [0.717, 1.165) is 5.56 Å². The number of benzene rings is 1. The van der Waals surface area contributed by atoms with Gasteiger partial charge in [-0.15, -0.1) is 0 Å². The summed E-state index contributed by atoms with van der Waals surface area (Å²) in [6.07, 6.45) is 0. The number of hydrogen-bond donors (Lipinski definition) is 2. The van der Waals surface area contributed by atoms with Crippen molar-refractivity contribution in [3.63, 3.8) is 0 Å². The Hall–Kier alpha value is -0.920. The molecule has 106 valence electrons. The predicted molar refractivity (Wildman–Crippen MR) is 75.5 cm³/mol. The molecule has 0 saturated carbocycles. The second kappa shape index (κ2) is 6.02. The molecule has 0 aliphatic heterocycles. The van der Waals surface area contributed by atoms with E-state index in [1.807, 2.05) is 6.92 Å². The van der Waals surface area contributed by atoms with Crippen LogP contribution in [0.4, 0.5) is 0 Å². The highest BCUT2D eigenvalue weighted by atomic mass is 79.9. The SMILES string of the molecule is Cc1ccc(S(=O)(=O)N[C@@H](C(=O)O)C(C)C)cc1Br. The lowest BCUT2D eigenvalue weighted by Gasteiger charge is -2.18. The lowest BCUT2D eigenvalue weighted by Crippen LogP contribution is -2.44. The Morgan fingerprint density at radius 3 is 2.37 bits per heavy atom. The van der Waals surface area contributed by atoms with E-state index in [1.165, 1.54) is 12.1 Å². The smallest absolute Gasteiger partial charge is 0.322 e. The van der Waals surface area contributed by atoms with Gasteiger partial charge in [0.15, 0.2) is 0 Å². The molecule has 0 heterocycles. The Labute approximate surface area is 121 Å². The maximum absolute atomic E-state index is 12.1. The molecule has 1 rings (SSSR count). The fourth-order valence-corrected chi connectivity index (χ4v) is 3.34. The Morgan fingerprint density at radius 1 is 1.37 bits per heavy atom. The van der Waals surface area contributed by atoms with Crippen molar-refractivity contribution in [1.29, 1.82) is 0 Å². The number of carboxylic acids is 1. The van der Waals surface area contributed by atoms with E-state index < -0.39 is 22.0 Å². The van der Waals surface area contributed by atoms with Gasteiger partial charge in [-0.25, -0.2) is 8.42 Å². The van der Waals surface area contributed by atoms with Crippen LogP contribution < -0.4 is 4.72 Å². The topological polar surface area (TPSA) is 83.5 Å². The highest BCUT2D eigenvalue weighted by Gasteiger charge is 2.28. The predicted octanol–water partition coefficient (Wildman–Crippen LogP) is 2.15. The number of halogens is 1. The van der Waals surface area contributed by atoms with Crippen molar-refractivity contribution in [3.05, 3.63) is 28.2 Å². The second-order valence-corrected chi connectivity index (χ2v) is 7.16. The highest BCUT2D eigenvalue weighted by Crippen LogP contribution is 2.21. The maximum Gasteiger partial charge on any atom is 0.322 e. The average molecular weight is 350 g/mol. The van der Waals surface area contributed by atoms with Crippen molar-refractivity contribution in [2.75, 3.05) is 0 Å². The molecular formula is C12H16BrNO4S. The molecular weight excluding hydrogens is 334 g/mol. The minimum atomic E-state index is -3.85. The van der Waals surface area contributed by atoms with Gasteiger partial charge in [-0.3, -0.25) is 4.79 Å². The molecule has 5 nitrogen and oxygen atoms in total. The third kappa shape index (κ3) is 4.02. The number of nitrogens with one attached hydrogen (secondary N) is 1. The summed E-state index contributed by atoms with van der Waals surface area (Å²) < 4.78 is 27.1. The van der Waals surface area contributed by atoms with Crippen molar-refractivity contribution >= 4 is 31.9 Å². The fraction of sp³-hybridized carbons (Fsp3) is 0.417. The second-order valence-electron chi connectivity index (χ2n) is 4.59. The number of aryl methyl sites for hydroxylation is 1. The molecule has 0 amide bonds. The van der Waals surface area contributed by atoms with Gasteiger partial charge in [-0.05, 0) is 30.5 Å². The normalized spacial score (nSPS) is 13.5. The van der Waals surface area contributed by atoms with Gasteiger partial charge in [0.05, 0.1) is 4.90 Å². The van der Waals surface area contributed by atoms with E-state index >= 15 is 0 Å². The summed E-state index contributed by atoms with van der Waals surface area (Å²) in [6, 6.07) is 3.41. The molecule has 1 atom stereocenters. The van der Waals surface area contributed by atoms with E-state index in [4.69, 9.17) is 5.11 Å². The molecule has 19 heavy (non-hydrogen) atoms. The van der Waals surface area contributed by atoms with E-state index in [2.05, 4.69) is 20.7 Å². The van der Waals surface area contributed by atoms with Gasteiger partial charge in [0.2, 0.25) is 10.0 Å². The molecule has 1 aromatic carbocycles. The van der Waals surface area contributed by atoms with Gasteiger partial charge < -0.3 is 5.11 Å². The lowest BCUT2D eigenvalue weighted by molar-refractivity contribution is -0.140. The zero-order valence-corrected chi connectivity index (χ0v) is 13.2. The maximum atomic E-state index is 12.1. The first kappa shape index (κ1) is 16.1. The minimum absolute atomic E-state index is 0.0388. The third-order valence-corrected chi connectivity index (χ3v) is 4.96. The van der Waals surface area contributed by atoms with Crippen LogP contribution in [0.5, 0.6) is 0 Å².